The normalized spacial score (nSPS) is 38.4. The summed E-state index contributed by atoms with van der Waals surface area (Å²) < 4.78 is 5.71. The number of hydrogen-bond acceptors (Lipinski definition) is 2. The van der Waals surface area contributed by atoms with Crippen LogP contribution in [-0.4, -0.2) is 23.4 Å². The maximum Gasteiger partial charge on any atom is 0.0722 e. The predicted molar refractivity (Wildman–Crippen MR) is 60.8 cm³/mol. The fourth-order valence-electron chi connectivity index (χ4n) is 3.30. The second-order valence-corrected chi connectivity index (χ2v) is 5.32. The summed E-state index contributed by atoms with van der Waals surface area (Å²) in [6.45, 7) is 2.95. The first-order valence-corrected chi connectivity index (χ1v) is 6.58. The molecular weight excluding hydrogens is 188 g/mol. The lowest BCUT2D eigenvalue weighted by Gasteiger charge is -2.41. The molecule has 2 aliphatic rings. The van der Waals surface area contributed by atoms with E-state index in [0.29, 0.717) is 12.0 Å². The summed E-state index contributed by atoms with van der Waals surface area (Å²) >= 11 is 0. The van der Waals surface area contributed by atoms with E-state index in [4.69, 9.17) is 4.74 Å². The molecule has 88 valence electrons. The van der Waals surface area contributed by atoms with Crippen LogP contribution in [0.2, 0.25) is 0 Å². The molecule has 2 unspecified atom stereocenters. The van der Waals surface area contributed by atoms with Gasteiger partial charge in [0, 0.05) is 13.0 Å². The van der Waals surface area contributed by atoms with E-state index in [1.54, 1.807) is 0 Å². The van der Waals surface area contributed by atoms with Gasteiger partial charge in [-0.3, -0.25) is 0 Å². The fraction of sp³-hybridized carbons (Fsp3) is 1.00. The van der Waals surface area contributed by atoms with Crippen LogP contribution >= 0.6 is 0 Å². The van der Waals surface area contributed by atoms with Crippen molar-refractivity contribution >= 4 is 0 Å². The van der Waals surface area contributed by atoms with Crippen molar-refractivity contribution in [2.24, 2.45) is 5.92 Å². The minimum absolute atomic E-state index is 0.314. The highest BCUT2D eigenvalue weighted by atomic mass is 16.5. The molecule has 1 aliphatic carbocycles. The van der Waals surface area contributed by atoms with Gasteiger partial charge in [-0.25, -0.2) is 0 Å². The molecule has 2 nitrogen and oxygen atoms in total. The maximum atomic E-state index is 10.7. The van der Waals surface area contributed by atoms with Crippen molar-refractivity contribution in [3.63, 3.8) is 0 Å². The Kier molecular flexibility index (Phi) is 3.68. The molecule has 2 fully saturated rings. The molecule has 0 aromatic carbocycles. The van der Waals surface area contributed by atoms with Gasteiger partial charge in [0.1, 0.15) is 0 Å². The van der Waals surface area contributed by atoms with Crippen LogP contribution in [-0.2, 0) is 4.74 Å². The third-order valence-corrected chi connectivity index (χ3v) is 4.20. The van der Waals surface area contributed by atoms with Crippen LogP contribution in [0.5, 0.6) is 0 Å². The summed E-state index contributed by atoms with van der Waals surface area (Å²) in [7, 11) is 0. The van der Waals surface area contributed by atoms with E-state index in [1.165, 1.54) is 25.7 Å². The van der Waals surface area contributed by atoms with Crippen LogP contribution in [0.1, 0.15) is 58.3 Å². The zero-order chi connectivity index (χ0) is 10.7. The van der Waals surface area contributed by atoms with Gasteiger partial charge in [0.2, 0.25) is 0 Å². The molecule has 0 spiro atoms. The SMILES string of the molecule is CCCC1CC(O)(C2CCCC2)CCO1. The molecular formula is C13H24O2. The van der Waals surface area contributed by atoms with Crippen molar-refractivity contribution in [1.82, 2.24) is 0 Å². The highest BCUT2D eigenvalue weighted by Gasteiger charge is 2.42. The molecule has 1 N–H and O–H groups in total. The highest BCUT2D eigenvalue weighted by Crippen LogP contribution is 2.41. The van der Waals surface area contributed by atoms with Crippen molar-refractivity contribution in [1.29, 1.82) is 0 Å². The van der Waals surface area contributed by atoms with E-state index in [2.05, 4.69) is 6.92 Å². The minimum atomic E-state index is -0.394. The second-order valence-electron chi connectivity index (χ2n) is 5.32. The van der Waals surface area contributed by atoms with Crippen LogP contribution in [0, 0.1) is 5.92 Å². The smallest absolute Gasteiger partial charge is 0.0722 e. The number of ether oxygens (including phenoxy) is 1. The molecule has 2 heteroatoms. The first-order chi connectivity index (χ1) is 7.24. The van der Waals surface area contributed by atoms with Crippen LogP contribution in [0.4, 0.5) is 0 Å². The van der Waals surface area contributed by atoms with Gasteiger partial charge in [-0.2, -0.15) is 0 Å². The lowest BCUT2D eigenvalue weighted by atomic mass is 9.77. The first kappa shape index (κ1) is 11.4. The van der Waals surface area contributed by atoms with Crippen LogP contribution in [0.25, 0.3) is 0 Å². The topological polar surface area (TPSA) is 29.5 Å². The highest BCUT2D eigenvalue weighted by molar-refractivity contribution is 4.93. The second kappa shape index (κ2) is 4.84. The molecule has 1 heterocycles. The monoisotopic (exact) mass is 212 g/mol. The molecule has 0 radical (unpaired) electrons. The lowest BCUT2D eigenvalue weighted by molar-refractivity contribution is -0.132. The van der Waals surface area contributed by atoms with Crippen molar-refractivity contribution in [2.75, 3.05) is 6.61 Å². The number of hydrogen-bond donors (Lipinski definition) is 1. The summed E-state index contributed by atoms with van der Waals surface area (Å²) in [6, 6.07) is 0. The van der Waals surface area contributed by atoms with Crippen molar-refractivity contribution < 1.29 is 9.84 Å². The van der Waals surface area contributed by atoms with Gasteiger partial charge in [-0.1, -0.05) is 26.2 Å². The Morgan fingerprint density at radius 1 is 1.33 bits per heavy atom. The summed E-state index contributed by atoms with van der Waals surface area (Å²) in [5.41, 5.74) is -0.394. The van der Waals surface area contributed by atoms with E-state index < -0.39 is 5.60 Å². The summed E-state index contributed by atoms with van der Waals surface area (Å²) in [4.78, 5) is 0. The van der Waals surface area contributed by atoms with Gasteiger partial charge in [0.25, 0.3) is 0 Å². The lowest BCUT2D eigenvalue weighted by Crippen LogP contribution is -2.45. The molecule has 15 heavy (non-hydrogen) atoms. The molecule has 2 atom stereocenters. The minimum Gasteiger partial charge on any atom is -0.389 e. The Hall–Kier alpha value is -0.0800. The fourth-order valence-corrected chi connectivity index (χ4v) is 3.30. The third kappa shape index (κ3) is 2.54. The molecule has 1 aliphatic heterocycles. The van der Waals surface area contributed by atoms with Gasteiger partial charge in [-0.05, 0) is 31.6 Å². The largest absolute Gasteiger partial charge is 0.389 e. The summed E-state index contributed by atoms with van der Waals surface area (Å²) in [5, 5.41) is 10.7. The Balaban J connectivity index is 1.94. The average Bonchev–Trinajstić information content (AvgIpc) is 2.71. The summed E-state index contributed by atoms with van der Waals surface area (Å²) in [6.07, 6.45) is 9.40. The van der Waals surface area contributed by atoms with E-state index in [0.717, 1.165) is 32.3 Å². The standard InChI is InChI=1S/C13H24O2/c1-2-5-12-10-13(14,8-9-15-12)11-6-3-4-7-11/h11-12,14H,2-10H2,1H3. The molecule has 1 saturated heterocycles. The molecule has 0 bridgehead atoms. The Labute approximate surface area is 93.0 Å². The number of aliphatic hydroxyl groups is 1. The quantitative estimate of drug-likeness (QED) is 0.779. The zero-order valence-corrected chi connectivity index (χ0v) is 9.87. The van der Waals surface area contributed by atoms with Crippen molar-refractivity contribution in [3.8, 4) is 0 Å². The maximum absolute atomic E-state index is 10.7. The first-order valence-electron chi connectivity index (χ1n) is 6.58. The van der Waals surface area contributed by atoms with Gasteiger partial charge in [-0.15, -0.1) is 0 Å². The van der Waals surface area contributed by atoms with Gasteiger partial charge >= 0.3 is 0 Å². The van der Waals surface area contributed by atoms with Crippen LogP contribution in [0.15, 0.2) is 0 Å². The van der Waals surface area contributed by atoms with E-state index >= 15 is 0 Å². The Bertz CT molecular complexity index is 197. The zero-order valence-electron chi connectivity index (χ0n) is 9.87. The van der Waals surface area contributed by atoms with E-state index in [1.807, 2.05) is 0 Å². The Morgan fingerprint density at radius 3 is 2.73 bits per heavy atom. The van der Waals surface area contributed by atoms with E-state index in [9.17, 15) is 5.11 Å². The van der Waals surface area contributed by atoms with Crippen molar-refractivity contribution in [3.05, 3.63) is 0 Å². The predicted octanol–water partition coefficient (Wildman–Crippen LogP) is 2.89. The van der Waals surface area contributed by atoms with Crippen molar-refractivity contribution in [2.45, 2.75) is 70.0 Å². The summed E-state index contributed by atoms with van der Waals surface area (Å²) in [5.74, 6) is 0.556. The average molecular weight is 212 g/mol. The van der Waals surface area contributed by atoms with E-state index in [-0.39, 0.29) is 0 Å². The molecule has 0 amide bonds. The molecule has 0 aromatic rings. The third-order valence-electron chi connectivity index (χ3n) is 4.20. The molecule has 0 aromatic heterocycles. The molecule has 2 rings (SSSR count). The molecule has 1 saturated carbocycles. The Morgan fingerprint density at radius 2 is 2.07 bits per heavy atom. The van der Waals surface area contributed by atoms with Crippen LogP contribution < -0.4 is 0 Å². The number of rotatable bonds is 3. The van der Waals surface area contributed by atoms with Gasteiger partial charge in [0.05, 0.1) is 11.7 Å². The van der Waals surface area contributed by atoms with Crippen LogP contribution in [0.3, 0.4) is 0 Å². The van der Waals surface area contributed by atoms with Gasteiger partial charge < -0.3 is 9.84 Å². The van der Waals surface area contributed by atoms with Gasteiger partial charge in [0.15, 0.2) is 0 Å².